The van der Waals surface area contributed by atoms with Crippen molar-refractivity contribution >= 4 is 11.6 Å². The maximum Gasteiger partial charge on any atom is 0.236 e. The SMILES string of the molecule is C/C=C1\CN2C(=O)[C@@]3(c4ccc(OC)cc4NOC)C[C@@H]2[C@@H]2CO[C@H]3C[C@H]12. The van der Waals surface area contributed by atoms with Gasteiger partial charge in [-0.1, -0.05) is 17.7 Å². The van der Waals surface area contributed by atoms with E-state index in [2.05, 4.69) is 23.4 Å². The van der Waals surface area contributed by atoms with Gasteiger partial charge in [-0.3, -0.25) is 15.1 Å². The number of carbonyl (C=O) groups excluding carboxylic acids is 1. The molecule has 0 radical (unpaired) electrons. The van der Waals surface area contributed by atoms with Gasteiger partial charge >= 0.3 is 0 Å². The molecule has 1 amide bonds. The van der Waals surface area contributed by atoms with Gasteiger partial charge in [0.1, 0.15) is 11.2 Å². The number of anilines is 1. The standard InChI is InChI=1S/C21H26N2O4/c1-4-12-10-23-18-9-21(20(23)24,19-8-14(12)15(18)11-27-19)16-6-5-13(25-2)7-17(16)22-26-3/h4-7,14-15,18-19,22H,8-11H2,1-3H3/b12-4+/t14-,15-,18-,19+,21-/m1/s1. The van der Waals surface area contributed by atoms with Crippen LogP contribution in [0.2, 0.25) is 0 Å². The average molecular weight is 370 g/mol. The minimum atomic E-state index is -0.652. The third-order valence-corrected chi connectivity index (χ3v) is 7.21. The van der Waals surface area contributed by atoms with Crippen molar-refractivity contribution in [2.24, 2.45) is 11.8 Å². The largest absolute Gasteiger partial charge is 0.497 e. The van der Waals surface area contributed by atoms with Gasteiger partial charge in [0.25, 0.3) is 0 Å². The van der Waals surface area contributed by atoms with Crippen molar-refractivity contribution in [3.8, 4) is 5.75 Å². The summed E-state index contributed by atoms with van der Waals surface area (Å²) in [6.45, 7) is 3.60. The van der Waals surface area contributed by atoms with Gasteiger partial charge in [0.05, 0.1) is 32.6 Å². The Morgan fingerprint density at radius 3 is 2.96 bits per heavy atom. The van der Waals surface area contributed by atoms with Gasteiger partial charge in [-0.05, 0) is 37.3 Å². The Hall–Kier alpha value is -2.05. The van der Waals surface area contributed by atoms with Crippen LogP contribution in [0, 0.1) is 11.8 Å². The first kappa shape index (κ1) is 17.1. The molecule has 0 unspecified atom stereocenters. The van der Waals surface area contributed by atoms with E-state index in [1.165, 1.54) is 5.57 Å². The highest BCUT2D eigenvalue weighted by Crippen LogP contribution is 2.59. The zero-order chi connectivity index (χ0) is 18.8. The van der Waals surface area contributed by atoms with Crippen LogP contribution in [-0.2, 0) is 19.8 Å². The predicted molar refractivity (Wildman–Crippen MR) is 101 cm³/mol. The molecule has 6 rings (SSSR count). The number of allylic oxidation sites excluding steroid dienone is 1. The first-order valence-corrected chi connectivity index (χ1v) is 9.69. The third kappa shape index (κ3) is 2.11. The maximum absolute atomic E-state index is 13.8. The molecule has 1 aromatic carbocycles. The molecule has 6 heteroatoms. The molecule has 4 aliphatic heterocycles. The van der Waals surface area contributed by atoms with Crippen LogP contribution in [0.3, 0.4) is 0 Å². The summed E-state index contributed by atoms with van der Waals surface area (Å²) in [6, 6.07) is 6.09. The third-order valence-electron chi connectivity index (χ3n) is 7.21. The number of benzene rings is 1. The van der Waals surface area contributed by atoms with Gasteiger partial charge in [0.2, 0.25) is 5.91 Å². The van der Waals surface area contributed by atoms with E-state index in [9.17, 15) is 4.79 Å². The molecule has 5 atom stereocenters. The normalized spacial score (nSPS) is 37.8. The van der Waals surface area contributed by atoms with Crippen LogP contribution in [0.1, 0.15) is 25.3 Å². The van der Waals surface area contributed by atoms with Gasteiger partial charge < -0.3 is 14.4 Å². The van der Waals surface area contributed by atoms with E-state index >= 15 is 0 Å². The van der Waals surface area contributed by atoms with Crippen LogP contribution in [0.25, 0.3) is 0 Å². The summed E-state index contributed by atoms with van der Waals surface area (Å²) >= 11 is 0. The number of nitrogens with zero attached hydrogens (tertiary/aromatic N) is 1. The summed E-state index contributed by atoms with van der Waals surface area (Å²) in [6.07, 6.45) is 3.83. The molecule has 1 aliphatic carbocycles. The number of hydrogen-bond donors (Lipinski definition) is 1. The highest BCUT2D eigenvalue weighted by molar-refractivity contribution is 5.94. The Balaban J connectivity index is 1.68. The van der Waals surface area contributed by atoms with Gasteiger partial charge in [-0.2, -0.15) is 0 Å². The number of rotatable bonds is 4. The summed E-state index contributed by atoms with van der Waals surface area (Å²) < 4.78 is 11.7. The minimum Gasteiger partial charge on any atom is -0.497 e. The number of methoxy groups -OCH3 is 1. The number of carbonyl (C=O) groups is 1. The zero-order valence-electron chi connectivity index (χ0n) is 16.0. The van der Waals surface area contributed by atoms with Crippen LogP contribution < -0.4 is 10.2 Å². The second-order valence-corrected chi connectivity index (χ2v) is 8.09. The molecule has 4 heterocycles. The topological polar surface area (TPSA) is 60.0 Å². The molecule has 5 fully saturated rings. The van der Waals surface area contributed by atoms with Gasteiger partial charge in [-0.25, -0.2) is 0 Å². The van der Waals surface area contributed by atoms with Crippen molar-refractivity contribution in [1.29, 1.82) is 0 Å². The number of fused-ring (bicyclic) bond motifs is 1. The number of amides is 1. The molecule has 5 bridgehead atoms. The van der Waals surface area contributed by atoms with Gasteiger partial charge in [-0.15, -0.1) is 0 Å². The lowest BCUT2D eigenvalue weighted by molar-refractivity contribution is -0.154. The second kappa shape index (κ2) is 5.97. The van der Waals surface area contributed by atoms with E-state index in [1.807, 2.05) is 18.2 Å². The Bertz CT molecular complexity index is 822. The van der Waals surface area contributed by atoms with Crippen molar-refractivity contribution in [1.82, 2.24) is 4.90 Å². The molecular formula is C21H26N2O4. The van der Waals surface area contributed by atoms with E-state index in [-0.39, 0.29) is 18.1 Å². The van der Waals surface area contributed by atoms with E-state index in [4.69, 9.17) is 14.3 Å². The highest BCUT2D eigenvalue weighted by atomic mass is 16.6. The Labute approximate surface area is 159 Å². The molecule has 1 aromatic rings. The van der Waals surface area contributed by atoms with Crippen LogP contribution in [0.4, 0.5) is 5.69 Å². The first-order chi connectivity index (χ1) is 13.1. The maximum atomic E-state index is 13.8. The summed E-state index contributed by atoms with van der Waals surface area (Å²) in [5, 5.41) is 0. The van der Waals surface area contributed by atoms with Crippen LogP contribution in [-0.4, -0.2) is 50.3 Å². The molecule has 5 aliphatic rings. The lowest BCUT2D eigenvalue weighted by Gasteiger charge is -2.50. The van der Waals surface area contributed by atoms with Crippen LogP contribution >= 0.6 is 0 Å². The Kier molecular flexibility index (Phi) is 3.78. The summed E-state index contributed by atoms with van der Waals surface area (Å²) in [7, 11) is 3.22. The Morgan fingerprint density at radius 1 is 1.37 bits per heavy atom. The number of hydrogen-bond acceptors (Lipinski definition) is 5. The van der Waals surface area contributed by atoms with Gasteiger partial charge in [0, 0.05) is 24.6 Å². The van der Waals surface area contributed by atoms with Crippen molar-refractivity contribution in [3.05, 3.63) is 35.4 Å². The summed E-state index contributed by atoms with van der Waals surface area (Å²) in [4.78, 5) is 21.1. The number of ether oxygens (including phenoxy) is 2. The molecule has 0 spiro atoms. The zero-order valence-corrected chi connectivity index (χ0v) is 16.0. The molecular weight excluding hydrogens is 344 g/mol. The second-order valence-electron chi connectivity index (χ2n) is 8.09. The highest BCUT2D eigenvalue weighted by Gasteiger charge is 2.67. The van der Waals surface area contributed by atoms with Crippen molar-refractivity contribution in [2.75, 3.05) is 32.9 Å². The fourth-order valence-electron chi connectivity index (χ4n) is 5.99. The van der Waals surface area contributed by atoms with E-state index in [0.29, 0.717) is 11.8 Å². The quantitative estimate of drug-likeness (QED) is 0.652. The van der Waals surface area contributed by atoms with Gasteiger partial charge in [0.15, 0.2) is 0 Å². The van der Waals surface area contributed by atoms with Crippen molar-refractivity contribution in [2.45, 2.75) is 37.3 Å². The lowest BCUT2D eigenvalue weighted by Crippen LogP contribution is -2.59. The molecule has 0 aromatic heterocycles. The van der Waals surface area contributed by atoms with Crippen molar-refractivity contribution < 1.29 is 19.1 Å². The van der Waals surface area contributed by atoms with Crippen LogP contribution in [0.15, 0.2) is 29.8 Å². The fraction of sp³-hybridized carbons (Fsp3) is 0.571. The van der Waals surface area contributed by atoms with Crippen molar-refractivity contribution in [3.63, 3.8) is 0 Å². The van der Waals surface area contributed by atoms with E-state index < -0.39 is 5.41 Å². The van der Waals surface area contributed by atoms with E-state index in [1.54, 1.807) is 14.2 Å². The van der Waals surface area contributed by atoms with Crippen LogP contribution in [0.5, 0.6) is 5.75 Å². The smallest absolute Gasteiger partial charge is 0.236 e. The fourth-order valence-corrected chi connectivity index (χ4v) is 5.99. The monoisotopic (exact) mass is 370 g/mol. The minimum absolute atomic E-state index is 0.109. The molecule has 1 N–H and O–H groups in total. The predicted octanol–water partition coefficient (Wildman–Crippen LogP) is 2.50. The number of piperidine rings is 1. The molecule has 4 saturated heterocycles. The molecule has 1 saturated carbocycles. The number of nitrogens with one attached hydrogen (secondary N) is 1. The summed E-state index contributed by atoms with van der Waals surface area (Å²) in [5.41, 5.74) is 5.46. The molecule has 27 heavy (non-hydrogen) atoms. The average Bonchev–Trinajstić information content (AvgIpc) is 2.83. The molecule has 6 nitrogen and oxygen atoms in total. The summed E-state index contributed by atoms with van der Waals surface area (Å²) in [5.74, 6) is 1.87. The first-order valence-electron chi connectivity index (χ1n) is 9.69. The Morgan fingerprint density at radius 2 is 2.22 bits per heavy atom. The lowest BCUT2D eigenvalue weighted by atomic mass is 9.69. The van der Waals surface area contributed by atoms with E-state index in [0.717, 1.165) is 43.0 Å². The molecule has 144 valence electrons.